The highest BCUT2D eigenvalue weighted by molar-refractivity contribution is 5.89. The van der Waals surface area contributed by atoms with Crippen LogP contribution in [-0.2, 0) is 10.3 Å². The number of aromatic carboxylic acids is 1. The number of carbonyl (C=O) groups excluding carboxylic acids is 1. The van der Waals surface area contributed by atoms with Crippen molar-refractivity contribution in [3.63, 3.8) is 0 Å². The van der Waals surface area contributed by atoms with Gasteiger partial charge in [0, 0.05) is 12.1 Å². The Balaban J connectivity index is 1.86. The summed E-state index contributed by atoms with van der Waals surface area (Å²) in [4.78, 5) is 33.9. The van der Waals surface area contributed by atoms with Crippen molar-refractivity contribution in [3.8, 4) is 5.75 Å². The van der Waals surface area contributed by atoms with Gasteiger partial charge in [-0.05, 0) is 37.3 Å². The lowest BCUT2D eigenvalue weighted by molar-refractivity contribution is -0.385. The van der Waals surface area contributed by atoms with E-state index in [1.807, 2.05) is 30.3 Å². The van der Waals surface area contributed by atoms with E-state index in [0.29, 0.717) is 12.8 Å². The van der Waals surface area contributed by atoms with Crippen molar-refractivity contribution in [2.24, 2.45) is 0 Å². The molecule has 140 valence electrons. The molecule has 3 rings (SSSR count). The Morgan fingerprint density at radius 3 is 2.33 bits per heavy atom. The van der Waals surface area contributed by atoms with E-state index in [0.717, 1.165) is 36.6 Å². The van der Waals surface area contributed by atoms with E-state index in [9.17, 15) is 19.7 Å². The zero-order valence-corrected chi connectivity index (χ0v) is 14.3. The van der Waals surface area contributed by atoms with Gasteiger partial charge >= 0.3 is 17.8 Å². The number of nitrogens with zero attached hydrogens (tertiary/aromatic N) is 1. The molecule has 0 aromatic heterocycles. The Morgan fingerprint density at radius 1 is 1.07 bits per heavy atom. The zero-order valence-electron chi connectivity index (χ0n) is 14.3. The summed E-state index contributed by atoms with van der Waals surface area (Å²) in [5.41, 5.74) is -0.773. The normalized spacial score (nSPS) is 15.1. The molecular weight excluding hydrogens is 354 g/mol. The maximum atomic E-state index is 12.4. The summed E-state index contributed by atoms with van der Waals surface area (Å²) in [5, 5.41) is 20.2. The summed E-state index contributed by atoms with van der Waals surface area (Å²) in [6.07, 6.45) is 1.87. The maximum absolute atomic E-state index is 12.4. The molecule has 2 aromatic carbocycles. The summed E-state index contributed by atoms with van der Waals surface area (Å²) in [7, 11) is 0. The van der Waals surface area contributed by atoms with E-state index in [4.69, 9.17) is 14.6 Å². The van der Waals surface area contributed by atoms with Gasteiger partial charge in [-0.15, -0.1) is 0 Å². The molecule has 0 saturated heterocycles. The third-order valence-electron chi connectivity index (χ3n) is 4.59. The van der Waals surface area contributed by atoms with E-state index < -0.39 is 34.1 Å². The van der Waals surface area contributed by atoms with Crippen molar-refractivity contribution in [1.82, 2.24) is 0 Å². The van der Waals surface area contributed by atoms with Crippen LogP contribution in [0.25, 0.3) is 0 Å². The number of carboxylic acids is 1. The first-order valence-electron chi connectivity index (χ1n) is 8.39. The number of carbonyl (C=O) groups is 2. The second-order valence-corrected chi connectivity index (χ2v) is 6.27. The molecule has 0 radical (unpaired) electrons. The second kappa shape index (κ2) is 7.45. The SMILES string of the molecule is O=C(Oc1cc(C(=O)O)ccc1[N+](=O)[O-])OC1(c2ccccc2)CCCC1. The molecule has 1 aliphatic carbocycles. The van der Waals surface area contributed by atoms with E-state index in [2.05, 4.69) is 0 Å². The Labute approximate surface area is 154 Å². The largest absolute Gasteiger partial charge is 0.514 e. The molecule has 0 unspecified atom stereocenters. The predicted octanol–water partition coefficient (Wildman–Crippen LogP) is 4.28. The first-order chi connectivity index (χ1) is 12.9. The van der Waals surface area contributed by atoms with Crippen molar-refractivity contribution in [1.29, 1.82) is 0 Å². The van der Waals surface area contributed by atoms with Crippen LogP contribution in [0.2, 0.25) is 0 Å². The monoisotopic (exact) mass is 371 g/mol. The van der Waals surface area contributed by atoms with E-state index in [1.54, 1.807) is 0 Å². The van der Waals surface area contributed by atoms with Gasteiger partial charge in [0.2, 0.25) is 5.75 Å². The molecule has 1 fully saturated rings. The van der Waals surface area contributed by atoms with Crippen LogP contribution < -0.4 is 4.74 Å². The van der Waals surface area contributed by atoms with Gasteiger partial charge in [0.15, 0.2) is 0 Å². The van der Waals surface area contributed by atoms with Crippen molar-refractivity contribution in [3.05, 3.63) is 69.8 Å². The van der Waals surface area contributed by atoms with Crippen LogP contribution in [0.1, 0.15) is 41.6 Å². The van der Waals surface area contributed by atoms with Gasteiger partial charge in [-0.25, -0.2) is 9.59 Å². The van der Waals surface area contributed by atoms with E-state index in [1.165, 1.54) is 0 Å². The van der Waals surface area contributed by atoms with Gasteiger partial charge in [-0.2, -0.15) is 0 Å². The molecule has 2 aromatic rings. The van der Waals surface area contributed by atoms with E-state index >= 15 is 0 Å². The third kappa shape index (κ3) is 3.89. The molecule has 27 heavy (non-hydrogen) atoms. The van der Waals surface area contributed by atoms with Crippen molar-refractivity contribution in [2.45, 2.75) is 31.3 Å². The summed E-state index contributed by atoms with van der Waals surface area (Å²) in [6, 6.07) is 12.2. The molecule has 0 bridgehead atoms. The second-order valence-electron chi connectivity index (χ2n) is 6.27. The number of hydrogen-bond acceptors (Lipinski definition) is 6. The van der Waals surface area contributed by atoms with Crippen LogP contribution >= 0.6 is 0 Å². The van der Waals surface area contributed by atoms with Crippen LogP contribution in [0.5, 0.6) is 5.75 Å². The highest BCUT2D eigenvalue weighted by atomic mass is 16.7. The van der Waals surface area contributed by atoms with Gasteiger partial charge in [0.1, 0.15) is 5.60 Å². The lowest BCUT2D eigenvalue weighted by atomic mass is 9.92. The minimum Gasteiger partial charge on any atom is -0.478 e. The molecule has 0 spiro atoms. The number of rotatable bonds is 5. The fourth-order valence-corrected chi connectivity index (χ4v) is 3.29. The predicted molar refractivity (Wildman–Crippen MR) is 93.8 cm³/mol. The average molecular weight is 371 g/mol. The summed E-state index contributed by atoms with van der Waals surface area (Å²) in [5.74, 6) is -1.76. The Hall–Kier alpha value is -3.42. The number of carboxylic acid groups (broad SMARTS) is 1. The minimum absolute atomic E-state index is 0.234. The average Bonchev–Trinajstić information content (AvgIpc) is 3.11. The number of hydrogen-bond donors (Lipinski definition) is 1. The fraction of sp³-hybridized carbons (Fsp3) is 0.263. The van der Waals surface area contributed by atoms with Crippen molar-refractivity contribution >= 4 is 17.8 Å². The number of benzene rings is 2. The molecule has 1 N–H and O–H groups in total. The molecular formula is C19H17NO7. The lowest BCUT2D eigenvalue weighted by Crippen LogP contribution is -2.31. The van der Waals surface area contributed by atoms with Gasteiger partial charge < -0.3 is 14.6 Å². The van der Waals surface area contributed by atoms with Crippen LogP contribution in [0.3, 0.4) is 0 Å². The van der Waals surface area contributed by atoms with Gasteiger partial charge in [-0.3, -0.25) is 10.1 Å². The molecule has 0 aliphatic heterocycles. The molecule has 0 atom stereocenters. The highest BCUT2D eigenvalue weighted by Gasteiger charge is 2.40. The quantitative estimate of drug-likeness (QED) is 0.361. The number of nitro benzene ring substituents is 1. The Kier molecular flexibility index (Phi) is 5.07. The molecule has 1 saturated carbocycles. The molecule has 0 amide bonds. The first kappa shape index (κ1) is 18.4. The fourth-order valence-electron chi connectivity index (χ4n) is 3.29. The maximum Gasteiger partial charge on any atom is 0.514 e. The molecule has 8 heteroatoms. The molecule has 1 aliphatic rings. The topological polar surface area (TPSA) is 116 Å². The smallest absolute Gasteiger partial charge is 0.478 e. The van der Waals surface area contributed by atoms with Gasteiger partial charge in [0.05, 0.1) is 10.5 Å². The standard InChI is InChI=1S/C19H17NO7/c21-17(22)13-8-9-15(20(24)25)16(12-13)26-18(23)27-19(10-4-5-11-19)14-6-2-1-3-7-14/h1-3,6-9,12H,4-5,10-11H2,(H,21,22). The van der Waals surface area contributed by atoms with Gasteiger partial charge in [0.25, 0.3) is 0 Å². The van der Waals surface area contributed by atoms with Crippen LogP contribution in [-0.4, -0.2) is 22.2 Å². The van der Waals surface area contributed by atoms with Crippen molar-refractivity contribution in [2.75, 3.05) is 0 Å². The minimum atomic E-state index is -1.29. The highest BCUT2D eigenvalue weighted by Crippen LogP contribution is 2.42. The Bertz CT molecular complexity index is 873. The summed E-state index contributed by atoms with van der Waals surface area (Å²) < 4.78 is 10.6. The van der Waals surface area contributed by atoms with Crippen LogP contribution in [0.15, 0.2) is 48.5 Å². The zero-order chi connectivity index (χ0) is 19.4. The number of ether oxygens (including phenoxy) is 2. The third-order valence-corrected chi connectivity index (χ3v) is 4.59. The van der Waals surface area contributed by atoms with Gasteiger partial charge in [-0.1, -0.05) is 30.3 Å². The molecule has 8 nitrogen and oxygen atoms in total. The number of nitro groups is 1. The molecule has 0 heterocycles. The first-order valence-corrected chi connectivity index (χ1v) is 8.39. The van der Waals surface area contributed by atoms with E-state index in [-0.39, 0.29) is 5.56 Å². The van der Waals surface area contributed by atoms with Crippen LogP contribution in [0, 0.1) is 10.1 Å². The van der Waals surface area contributed by atoms with Crippen molar-refractivity contribution < 1.29 is 29.1 Å². The lowest BCUT2D eigenvalue weighted by Gasteiger charge is -2.28. The Morgan fingerprint density at radius 2 is 1.74 bits per heavy atom. The summed E-state index contributed by atoms with van der Waals surface area (Å²) in [6.45, 7) is 0. The summed E-state index contributed by atoms with van der Waals surface area (Å²) >= 11 is 0. The van der Waals surface area contributed by atoms with Crippen LogP contribution in [0.4, 0.5) is 10.5 Å².